The molecule has 0 unspecified atom stereocenters. The quantitative estimate of drug-likeness (QED) is 0.296. The van der Waals surface area contributed by atoms with E-state index in [1.165, 1.54) is 13.2 Å². The monoisotopic (exact) mass is 626 g/mol. The highest BCUT2D eigenvalue weighted by Gasteiger charge is 2.39. The van der Waals surface area contributed by atoms with Crippen LogP contribution in [0.1, 0.15) is 11.1 Å². The molecule has 1 aliphatic heterocycles. The average Bonchev–Trinajstić information content (AvgIpc) is 3.26. The number of carboxylic acid groups (broad SMARTS) is 1. The molecule has 11 nitrogen and oxygen atoms in total. The molecule has 3 heterocycles. The molecule has 0 saturated carbocycles. The van der Waals surface area contributed by atoms with Crippen molar-refractivity contribution in [3.05, 3.63) is 65.4 Å². The first-order chi connectivity index (χ1) is 20.2. The minimum Gasteiger partial charge on any atom is -0.503 e. The van der Waals surface area contributed by atoms with Crippen molar-refractivity contribution in [2.24, 2.45) is 7.05 Å². The molecule has 1 aliphatic rings. The molecule has 5 rings (SSSR count). The topological polar surface area (TPSA) is 142 Å². The zero-order valence-electron chi connectivity index (χ0n) is 22.3. The second-order valence-electron chi connectivity index (χ2n) is 9.87. The maximum Gasteiger partial charge on any atom is 0.419 e. The fourth-order valence-electron chi connectivity index (χ4n) is 5.02. The summed E-state index contributed by atoms with van der Waals surface area (Å²) >= 11 is 0. The number of piperazine rings is 1. The number of carbonyl (C=O) groups is 1. The molecule has 0 spiro atoms. The van der Waals surface area contributed by atoms with Crippen molar-refractivity contribution in [1.82, 2.24) is 24.1 Å². The second kappa shape index (κ2) is 11.0. The fraction of sp³-hybridized carbons (Fsp3) is 0.308. The Morgan fingerprint density at radius 2 is 1.81 bits per heavy atom. The third-order valence-electron chi connectivity index (χ3n) is 7.02. The smallest absolute Gasteiger partial charge is 0.419 e. The van der Waals surface area contributed by atoms with E-state index in [0.29, 0.717) is 6.42 Å². The summed E-state index contributed by atoms with van der Waals surface area (Å²) in [6, 6.07) is 8.75. The van der Waals surface area contributed by atoms with E-state index in [4.69, 9.17) is 5.11 Å². The van der Waals surface area contributed by atoms with E-state index in [-0.39, 0.29) is 48.4 Å². The maximum atomic E-state index is 14.8. The van der Waals surface area contributed by atoms with Gasteiger partial charge >= 0.3 is 12.1 Å². The van der Waals surface area contributed by atoms with E-state index in [9.17, 15) is 40.3 Å². The van der Waals surface area contributed by atoms with Crippen molar-refractivity contribution in [2.45, 2.75) is 18.6 Å². The first-order valence-corrected chi connectivity index (χ1v) is 14.3. The zero-order chi connectivity index (χ0) is 31.3. The molecule has 2 N–H and O–H groups in total. The number of halogens is 5. The Labute approximate surface area is 240 Å². The number of phenols is 1. The molecule has 0 aliphatic carbocycles. The molecule has 0 bridgehead atoms. The Morgan fingerprint density at radius 3 is 2.47 bits per heavy atom. The van der Waals surface area contributed by atoms with Crippen LogP contribution in [0, 0.1) is 11.6 Å². The Hall–Kier alpha value is -4.38. The lowest BCUT2D eigenvalue weighted by Crippen LogP contribution is -2.56. The first-order valence-electron chi connectivity index (χ1n) is 12.7. The van der Waals surface area contributed by atoms with Crippen LogP contribution in [0.15, 0.2) is 42.6 Å². The molecule has 2 aromatic heterocycles. The number of rotatable bonds is 7. The second-order valence-corrected chi connectivity index (χ2v) is 11.8. The van der Waals surface area contributed by atoms with Crippen LogP contribution in [0.3, 0.4) is 0 Å². The predicted octanol–water partition coefficient (Wildman–Crippen LogP) is 3.18. The van der Waals surface area contributed by atoms with Crippen molar-refractivity contribution in [3.63, 3.8) is 0 Å². The molecule has 2 aromatic carbocycles. The molecule has 1 atom stereocenters. The lowest BCUT2D eigenvalue weighted by Gasteiger charge is -2.40. The number of carboxylic acids is 1. The van der Waals surface area contributed by atoms with E-state index in [1.807, 2.05) is 18.2 Å². The van der Waals surface area contributed by atoms with Gasteiger partial charge in [-0.3, -0.25) is 4.79 Å². The van der Waals surface area contributed by atoms with Crippen LogP contribution >= 0.6 is 0 Å². The van der Waals surface area contributed by atoms with Gasteiger partial charge in [0.15, 0.2) is 28.8 Å². The summed E-state index contributed by atoms with van der Waals surface area (Å²) in [7, 11) is -2.72. The Kier molecular flexibility index (Phi) is 7.72. The molecule has 0 amide bonds. The van der Waals surface area contributed by atoms with Gasteiger partial charge < -0.3 is 15.1 Å². The van der Waals surface area contributed by atoms with Crippen LogP contribution in [-0.2, 0) is 34.5 Å². The minimum atomic E-state index is -5.23. The lowest BCUT2D eigenvalue weighted by atomic mass is 10.0. The molecule has 1 saturated heterocycles. The summed E-state index contributed by atoms with van der Waals surface area (Å²) in [5.41, 5.74) is -2.14. The Bertz CT molecular complexity index is 1820. The number of sulfonamides is 1. The molecular formula is C26H23F5N6O5S. The summed E-state index contributed by atoms with van der Waals surface area (Å²) in [5.74, 6) is -8.05. The van der Waals surface area contributed by atoms with Gasteiger partial charge in [0.2, 0.25) is 16.0 Å². The van der Waals surface area contributed by atoms with Gasteiger partial charge in [0, 0.05) is 44.5 Å². The SMILES string of the molecule is Cn1nc(-c2cc(C(F)(F)F)c(F)c(O)c2F)c2cnc(N3CCN(S(=O)(=O)CC(=O)O)C[C@H]3Cc3ccccc3)nc21. The molecular weight excluding hydrogens is 603 g/mol. The van der Waals surface area contributed by atoms with Crippen molar-refractivity contribution < 1.29 is 45.4 Å². The normalized spacial score (nSPS) is 16.6. The molecule has 17 heteroatoms. The number of fused-ring (bicyclic) bond motifs is 1. The number of aromatic nitrogens is 4. The number of phenolic OH excluding ortho intramolecular Hbond substituents is 1. The van der Waals surface area contributed by atoms with Crippen molar-refractivity contribution >= 4 is 33.0 Å². The van der Waals surface area contributed by atoms with E-state index in [0.717, 1.165) is 14.6 Å². The number of alkyl halides is 3. The third-order valence-corrected chi connectivity index (χ3v) is 8.75. The number of aromatic hydroxyl groups is 1. The Morgan fingerprint density at radius 1 is 1.12 bits per heavy atom. The van der Waals surface area contributed by atoms with E-state index >= 15 is 0 Å². The summed E-state index contributed by atoms with van der Waals surface area (Å²) in [5, 5.41) is 22.9. The van der Waals surface area contributed by atoms with Gasteiger partial charge in [-0.1, -0.05) is 30.3 Å². The van der Waals surface area contributed by atoms with Crippen LogP contribution in [0.25, 0.3) is 22.3 Å². The van der Waals surface area contributed by atoms with E-state index in [2.05, 4.69) is 15.1 Å². The van der Waals surface area contributed by atoms with Crippen molar-refractivity contribution in [1.29, 1.82) is 0 Å². The number of hydrogen-bond donors (Lipinski definition) is 2. The predicted molar refractivity (Wildman–Crippen MR) is 143 cm³/mol. The maximum absolute atomic E-state index is 14.8. The standard InChI is InChI=1S/C26H23F5N6O5S/c1-35-24-17(22(34-35)16-10-18(26(29,30)31)21(28)23(40)20(16)27)11-32-25(33-24)37-8-7-36(43(41,42)13-19(38)39)12-15(37)9-14-5-3-2-4-6-14/h2-6,10-11,15,40H,7-9,12-13H2,1H3,(H,38,39)/t15-/m1/s1. The summed E-state index contributed by atoms with van der Waals surface area (Å²) in [6.07, 6.45) is -3.70. The average molecular weight is 627 g/mol. The third kappa shape index (κ3) is 5.81. The number of anilines is 1. The number of aliphatic carboxylic acids is 1. The molecule has 43 heavy (non-hydrogen) atoms. The fourth-order valence-corrected chi connectivity index (χ4v) is 6.27. The van der Waals surface area contributed by atoms with Crippen molar-refractivity contribution in [2.75, 3.05) is 30.3 Å². The highest BCUT2D eigenvalue weighted by molar-refractivity contribution is 7.89. The van der Waals surface area contributed by atoms with Gasteiger partial charge in [-0.15, -0.1) is 0 Å². The van der Waals surface area contributed by atoms with E-state index < -0.39 is 62.5 Å². The van der Waals surface area contributed by atoms with Gasteiger partial charge in [0.05, 0.1) is 10.9 Å². The van der Waals surface area contributed by atoms with Gasteiger partial charge in [0.25, 0.3) is 0 Å². The minimum absolute atomic E-state index is 0.00608. The van der Waals surface area contributed by atoms with Crippen LogP contribution in [0.4, 0.5) is 27.9 Å². The highest BCUT2D eigenvalue weighted by atomic mass is 32.2. The number of aryl methyl sites for hydroxylation is 1. The summed E-state index contributed by atoms with van der Waals surface area (Å²) in [4.78, 5) is 21.7. The molecule has 1 fully saturated rings. The van der Waals surface area contributed by atoms with Gasteiger partial charge in [0.1, 0.15) is 5.69 Å². The summed E-state index contributed by atoms with van der Waals surface area (Å²) < 4.78 is 96.7. The van der Waals surface area contributed by atoms with Crippen LogP contribution in [-0.4, -0.2) is 80.1 Å². The van der Waals surface area contributed by atoms with Gasteiger partial charge in [-0.2, -0.15) is 27.6 Å². The molecule has 228 valence electrons. The van der Waals surface area contributed by atoms with Gasteiger partial charge in [-0.25, -0.2) is 26.9 Å². The van der Waals surface area contributed by atoms with Crippen LogP contribution < -0.4 is 4.90 Å². The first kappa shape index (κ1) is 30.1. The number of benzene rings is 2. The van der Waals surface area contributed by atoms with Crippen LogP contribution in [0.2, 0.25) is 0 Å². The Balaban J connectivity index is 1.55. The molecule has 0 radical (unpaired) electrons. The number of hydrogen-bond acceptors (Lipinski definition) is 8. The zero-order valence-corrected chi connectivity index (χ0v) is 23.1. The molecule has 4 aromatic rings. The number of nitrogens with zero attached hydrogens (tertiary/aromatic N) is 6. The van der Waals surface area contributed by atoms with Crippen molar-refractivity contribution in [3.8, 4) is 17.0 Å². The highest BCUT2D eigenvalue weighted by Crippen LogP contribution is 2.41. The lowest BCUT2D eigenvalue weighted by molar-refractivity contribution is -0.140. The van der Waals surface area contributed by atoms with E-state index in [1.54, 1.807) is 17.0 Å². The summed E-state index contributed by atoms with van der Waals surface area (Å²) in [6.45, 7) is -0.0793. The largest absolute Gasteiger partial charge is 0.503 e. The van der Waals surface area contributed by atoms with Gasteiger partial charge in [-0.05, 0) is 18.1 Å². The van der Waals surface area contributed by atoms with Crippen LogP contribution in [0.5, 0.6) is 5.75 Å².